The van der Waals surface area contributed by atoms with Crippen LogP contribution in [0.2, 0.25) is 0 Å². The lowest BCUT2D eigenvalue weighted by atomic mass is 9.94. The lowest BCUT2D eigenvalue weighted by Crippen LogP contribution is -2.40. The molecule has 1 N–H and O–H groups in total. The third kappa shape index (κ3) is 4.08. The first kappa shape index (κ1) is 12.3. The summed E-state index contributed by atoms with van der Waals surface area (Å²) in [5.41, 5.74) is 0. The van der Waals surface area contributed by atoms with Gasteiger partial charge in [-0.15, -0.1) is 0 Å². The number of hydrogen-bond donors (Lipinski definition) is 1. The van der Waals surface area contributed by atoms with Crippen molar-refractivity contribution in [3.8, 4) is 0 Å². The van der Waals surface area contributed by atoms with Crippen LogP contribution in [0.4, 0.5) is 4.79 Å². The molecule has 4 heteroatoms. The molecule has 1 amide bonds. The SMILES string of the molecule is CCOC(=O)N1CCCC(CCCO)C1. The van der Waals surface area contributed by atoms with Crippen LogP contribution in [0.25, 0.3) is 0 Å². The molecular weight excluding hydrogens is 194 g/mol. The Bertz CT molecular complexity index is 196. The van der Waals surface area contributed by atoms with Crippen molar-refractivity contribution >= 4 is 6.09 Å². The van der Waals surface area contributed by atoms with Crippen molar-refractivity contribution in [1.82, 2.24) is 4.90 Å². The molecule has 0 aromatic carbocycles. The molecule has 0 aliphatic carbocycles. The van der Waals surface area contributed by atoms with Crippen LogP contribution in [-0.2, 0) is 4.74 Å². The van der Waals surface area contributed by atoms with Crippen molar-refractivity contribution in [1.29, 1.82) is 0 Å². The van der Waals surface area contributed by atoms with Gasteiger partial charge in [0.15, 0.2) is 0 Å². The Morgan fingerprint density at radius 2 is 2.40 bits per heavy atom. The minimum absolute atomic E-state index is 0.189. The summed E-state index contributed by atoms with van der Waals surface area (Å²) < 4.78 is 4.97. The zero-order valence-electron chi connectivity index (χ0n) is 9.45. The number of aliphatic hydroxyl groups excluding tert-OH is 1. The van der Waals surface area contributed by atoms with Crippen molar-refractivity contribution in [3.05, 3.63) is 0 Å². The predicted octanol–water partition coefficient (Wildman–Crippen LogP) is 1.63. The Morgan fingerprint density at radius 3 is 3.07 bits per heavy atom. The standard InChI is InChI=1S/C11H21NO3/c1-2-15-11(14)12-7-3-5-10(9-12)6-4-8-13/h10,13H,2-9H2,1H3. The molecule has 1 aliphatic rings. The Labute approximate surface area is 91.2 Å². The van der Waals surface area contributed by atoms with E-state index in [0.29, 0.717) is 12.5 Å². The van der Waals surface area contributed by atoms with Gasteiger partial charge in [-0.3, -0.25) is 0 Å². The van der Waals surface area contributed by atoms with Crippen LogP contribution >= 0.6 is 0 Å². The third-order valence-electron chi connectivity index (χ3n) is 2.82. The molecule has 88 valence electrons. The van der Waals surface area contributed by atoms with Gasteiger partial charge >= 0.3 is 6.09 Å². The van der Waals surface area contributed by atoms with E-state index in [0.717, 1.165) is 38.8 Å². The topological polar surface area (TPSA) is 49.8 Å². The fourth-order valence-corrected chi connectivity index (χ4v) is 2.06. The number of nitrogens with zero attached hydrogens (tertiary/aromatic N) is 1. The van der Waals surface area contributed by atoms with E-state index in [-0.39, 0.29) is 12.7 Å². The minimum atomic E-state index is -0.189. The molecule has 1 aliphatic heterocycles. The maximum Gasteiger partial charge on any atom is 0.409 e. The number of likely N-dealkylation sites (tertiary alicyclic amines) is 1. The second-order valence-corrected chi connectivity index (χ2v) is 4.02. The van der Waals surface area contributed by atoms with Gasteiger partial charge in [0.05, 0.1) is 6.61 Å². The van der Waals surface area contributed by atoms with Crippen LogP contribution in [-0.4, -0.2) is 42.4 Å². The molecule has 0 radical (unpaired) electrons. The van der Waals surface area contributed by atoms with Gasteiger partial charge in [0, 0.05) is 19.7 Å². The summed E-state index contributed by atoms with van der Waals surface area (Å²) in [6.45, 7) is 4.12. The number of carbonyl (C=O) groups excluding carboxylic acids is 1. The zero-order valence-corrected chi connectivity index (χ0v) is 9.45. The second kappa shape index (κ2) is 6.67. The molecule has 0 spiro atoms. The lowest BCUT2D eigenvalue weighted by Gasteiger charge is -2.31. The number of piperidine rings is 1. The predicted molar refractivity (Wildman–Crippen MR) is 57.6 cm³/mol. The molecule has 0 bridgehead atoms. The van der Waals surface area contributed by atoms with E-state index in [2.05, 4.69) is 0 Å². The van der Waals surface area contributed by atoms with Gasteiger partial charge in [0.1, 0.15) is 0 Å². The average molecular weight is 215 g/mol. The molecule has 1 rings (SSSR count). The number of aliphatic hydroxyl groups is 1. The highest BCUT2D eigenvalue weighted by molar-refractivity contribution is 5.67. The van der Waals surface area contributed by atoms with Gasteiger partial charge in [0.25, 0.3) is 0 Å². The molecular formula is C11H21NO3. The third-order valence-corrected chi connectivity index (χ3v) is 2.82. The Hall–Kier alpha value is -0.770. The molecule has 4 nitrogen and oxygen atoms in total. The van der Waals surface area contributed by atoms with Crippen LogP contribution in [0.15, 0.2) is 0 Å². The van der Waals surface area contributed by atoms with Crippen LogP contribution < -0.4 is 0 Å². The number of carbonyl (C=O) groups is 1. The normalized spacial score (nSPS) is 21.5. The summed E-state index contributed by atoms with van der Waals surface area (Å²) in [5.74, 6) is 0.537. The highest BCUT2D eigenvalue weighted by atomic mass is 16.6. The van der Waals surface area contributed by atoms with Gasteiger partial charge in [-0.1, -0.05) is 0 Å². The van der Waals surface area contributed by atoms with Crippen molar-refractivity contribution < 1.29 is 14.6 Å². The van der Waals surface area contributed by atoms with Gasteiger partial charge in [0.2, 0.25) is 0 Å². The fraction of sp³-hybridized carbons (Fsp3) is 0.909. The van der Waals surface area contributed by atoms with E-state index in [1.165, 1.54) is 0 Å². The first-order valence-electron chi connectivity index (χ1n) is 5.80. The second-order valence-electron chi connectivity index (χ2n) is 4.02. The van der Waals surface area contributed by atoms with Crippen LogP contribution in [0.1, 0.15) is 32.6 Å². The maximum absolute atomic E-state index is 11.5. The highest BCUT2D eigenvalue weighted by Crippen LogP contribution is 2.21. The van der Waals surface area contributed by atoms with Gasteiger partial charge < -0.3 is 14.7 Å². The zero-order chi connectivity index (χ0) is 11.1. The summed E-state index contributed by atoms with van der Waals surface area (Å²) in [4.78, 5) is 13.3. The highest BCUT2D eigenvalue weighted by Gasteiger charge is 2.23. The van der Waals surface area contributed by atoms with Crippen molar-refractivity contribution in [3.63, 3.8) is 0 Å². The Kier molecular flexibility index (Phi) is 5.47. The van der Waals surface area contributed by atoms with Crippen molar-refractivity contribution in [2.24, 2.45) is 5.92 Å². The molecule has 0 aromatic heterocycles. The monoisotopic (exact) mass is 215 g/mol. The number of amides is 1. The van der Waals surface area contributed by atoms with Gasteiger partial charge in [-0.25, -0.2) is 4.79 Å². The van der Waals surface area contributed by atoms with E-state index in [1.54, 1.807) is 4.90 Å². The van der Waals surface area contributed by atoms with Gasteiger partial charge in [-0.2, -0.15) is 0 Å². The number of hydrogen-bond acceptors (Lipinski definition) is 3. The summed E-state index contributed by atoms with van der Waals surface area (Å²) in [5, 5.41) is 8.75. The van der Waals surface area contributed by atoms with Crippen molar-refractivity contribution in [2.75, 3.05) is 26.3 Å². The molecule has 0 saturated carbocycles. The van der Waals surface area contributed by atoms with Crippen LogP contribution in [0.5, 0.6) is 0 Å². The van der Waals surface area contributed by atoms with E-state index in [9.17, 15) is 4.79 Å². The smallest absolute Gasteiger partial charge is 0.409 e. The quantitative estimate of drug-likeness (QED) is 0.775. The average Bonchev–Trinajstić information content (AvgIpc) is 2.27. The van der Waals surface area contributed by atoms with Gasteiger partial charge in [-0.05, 0) is 38.5 Å². The Balaban J connectivity index is 2.31. The molecule has 1 fully saturated rings. The lowest BCUT2D eigenvalue weighted by molar-refractivity contribution is 0.0860. The number of ether oxygens (including phenoxy) is 1. The first-order chi connectivity index (χ1) is 7.27. The Morgan fingerprint density at radius 1 is 1.60 bits per heavy atom. The van der Waals surface area contributed by atoms with Crippen LogP contribution in [0.3, 0.4) is 0 Å². The first-order valence-corrected chi connectivity index (χ1v) is 5.80. The van der Waals surface area contributed by atoms with E-state index in [4.69, 9.17) is 9.84 Å². The fourth-order valence-electron chi connectivity index (χ4n) is 2.06. The molecule has 15 heavy (non-hydrogen) atoms. The molecule has 1 unspecified atom stereocenters. The van der Waals surface area contributed by atoms with E-state index in [1.807, 2.05) is 6.92 Å². The largest absolute Gasteiger partial charge is 0.450 e. The summed E-state index contributed by atoms with van der Waals surface area (Å²) in [7, 11) is 0. The number of rotatable bonds is 4. The van der Waals surface area contributed by atoms with Crippen molar-refractivity contribution in [2.45, 2.75) is 32.6 Å². The van der Waals surface area contributed by atoms with E-state index >= 15 is 0 Å². The summed E-state index contributed by atoms with van der Waals surface area (Å²) in [6.07, 6.45) is 3.87. The minimum Gasteiger partial charge on any atom is -0.450 e. The van der Waals surface area contributed by atoms with E-state index < -0.39 is 0 Å². The summed E-state index contributed by atoms with van der Waals surface area (Å²) >= 11 is 0. The molecule has 1 atom stereocenters. The van der Waals surface area contributed by atoms with Crippen LogP contribution in [0, 0.1) is 5.92 Å². The molecule has 0 aromatic rings. The molecule has 1 saturated heterocycles. The maximum atomic E-state index is 11.5. The summed E-state index contributed by atoms with van der Waals surface area (Å²) in [6, 6.07) is 0. The molecule has 1 heterocycles.